The monoisotopic (exact) mass is 211 g/mol. The molecule has 0 amide bonds. The Morgan fingerprint density at radius 1 is 1.79 bits per heavy atom. The Balaban J connectivity index is 2.47. The summed E-state index contributed by atoms with van der Waals surface area (Å²) < 4.78 is 0. The van der Waals surface area contributed by atoms with Crippen molar-refractivity contribution in [3.63, 3.8) is 0 Å². The van der Waals surface area contributed by atoms with Crippen LogP contribution in [-0.4, -0.2) is 11.1 Å². The Morgan fingerprint density at radius 2 is 2.50 bits per heavy atom. The van der Waals surface area contributed by atoms with Crippen LogP contribution in [0, 0.1) is 0 Å². The first-order valence-electron chi connectivity index (χ1n) is 4.72. The minimum atomic E-state index is -1.13. The second kappa shape index (κ2) is 3.07. The van der Waals surface area contributed by atoms with Crippen LogP contribution in [0.5, 0.6) is 0 Å². The predicted octanol–water partition coefficient (Wildman–Crippen LogP) is 1.50. The van der Waals surface area contributed by atoms with Gasteiger partial charge in [-0.1, -0.05) is 6.92 Å². The highest BCUT2D eigenvalue weighted by Crippen LogP contribution is 2.40. The number of rotatable bonds is 2. The lowest BCUT2D eigenvalue weighted by Gasteiger charge is -2.18. The van der Waals surface area contributed by atoms with Gasteiger partial charge in [0, 0.05) is 9.75 Å². The summed E-state index contributed by atoms with van der Waals surface area (Å²) in [6, 6.07) is 1.96. The zero-order chi connectivity index (χ0) is 10.3. The fraction of sp³-hybridized carbons (Fsp3) is 0.500. The lowest BCUT2D eigenvalue weighted by Crippen LogP contribution is -2.42. The molecule has 1 atom stereocenters. The molecule has 76 valence electrons. The van der Waals surface area contributed by atoms with Gasteiger partial charge in [-0.2, -0.15) is 0 Å². The zero-order valence-electron chi connectivity index (χ0n) is 8.04. The first-order chi connectivity index (χ1) is 6.58. The Kier molecular flexibility index (Phi) is 2.12. The Hall–Kier alpha value is -0.870. The van der Waals surface area contributed by atoms with Gasteiger partial charge in [0.05, 0.1) is 0 Å². The molecule has 0 radical (unpaired) electrons. The van der Waals surface area contributed by atoms with Crippen molar-refractivity contribution in [3.05, 3.63) is 21.4 Å². The maximum absolute atomic E-state index is 11.1. The van der Waals surface area contributed by atoms with Crippen LogP contribution in [0.2, 0.25) is 0 Å². The molecule has 1 heterocycles. The molecular weight excluding hydrogens is 198 g/mol. The number of fused-ring (bicyclic) bond motifs is 1. The van der Waals surface area contributed by atoms with Crippen LogP contribution < -0.4 is 5.73 Å². The molecule has 1 unspecified atom stereocenters. The van der Waals surface area contributed by atoms with Crippen molar-refractivity contribution in [3.8, 4) is 0 Å². The fourth-order valence-corrected chi connectivity index (χ4v) is 3.08. The minimum Gasteiger partial charge on any atom is -0.480 e. The molecule has 1 aliphatic carbocycles. The molecule has 0 fully saturated rings. The van der Waals surface area contributed by atoms with Gasteiger partial charge in [0.2, 0.25) is 0 Å². The van der Waals surface area contributed by atoms with E-state index in [1.54, 1.807) is 11.3 Å². The number of nitrogens with two attached hydrogens (primary N) is 1. The number of hydrogen-bond donors (Lipinski definition) is 2. The third-order valence-electron chi connectivity index (χ3n) is 2.82. The molecule has 1 aliphatic rings. The summed E-state index contributed by atoms with van der Waals surface area (Å²) >= 11 is 1.70. The Morgan fingerprint density at radius 3 is 3.07 bits per heavy atom. The molecule has 3 nitrogen and oxygen atoms in total. The number of aryl methyl sites for hydroxylation is 2. The summed E-state index contributed by atoms with van der Waals surface area (Å²) in [5, 5.41) is 9.08. The van der Waals surface area contributed by atoms with Gasteiger partial charge in [-0.05, 0) is 30.9 Å². The molecule has 0 aromatic carbocycles. The highest BCUT2D eigenvalue weighted by molar-refractivity contribution is 7.12. The third kappa shape index (κ3) is 1.18. The maximum Gasteiger partial charge on any atom is 0.328 e. The first kappa shape index (κ1) is 9.68. The van der Waals surface area contributed by atoms with E-state index in [1.165, 1.54) is 4.88 Å². The lowest BCUT2D eigenvalue weighted by molar-refractivity contribution is -0.143. The molecule has 1 aromatic rings. The van der Waals surface area contributed by atoms with E-state index in [4.69, 9.17) is 10.8 Å². The van der Waals surface area contributed by atoms with Crippen LogP contribution in [0.3, 0.4) is 0 Å². The summed E-state index contributed by atoms with van der Waals surface area (Å²) in [4.78, 5) is 13.4. The van der Waals surface area contributed by atoms with Crippen molar-refractivity contribution in [1.29, 1.82) is 0 Å². The number of carboxylic acids is 1. The van der Waals surface area contributed by atoms with Gasteiger partial charge in [0.15, 0.2) is 0 Å². The average Bonchev–Trinajstić information content (AvgIpc) is 2.67. The molecule has 14 heavy (non-hydrogen) atoms. The van der Waals surface area contributed by atoms with Crippen molar-refractivity contribution in [2.75, 3.05) is 0 Å². The van der Waals surface area contributed by atoms with Crippen LogP contribution in [0.4, 0.5) is 0 Å². The summed E-state index contributed by atoms with van der Waals surface area (Å²) in [5.74, 6) is -0.906. The van der Waals surface area contributed by atoms with E-state index in [2.05, 4.69) is 6.92 Å². The summed E-state index contributed by atoms with van der Waals surface area (Å²) in [5.41, 5.74) is 5.60. The largest absolute Gasteiger partial charge is 0.480 e. The van der Waals surface area contributed by atoms with Crippen LogP contribution in [0.25, 0.3) is 0 Å². The summed E-state index contributed by atoms with van der Waals surface area (Å²) in [6.07, 6.45) is 2.30. The van der Waals surface area contributed by atoms with Gasteiger partial charge in [-0.25, -0.2) is 4.79 Å². The molecule has 1 aromatic heterocycles. The average molecular weight is 211 g/mol. The second-order valence-corrected chi connectivity index (χ2v) is 4.90. The normalized spacial score (nSPS) is 25.0. The number of carboxylic acid groups (broad SMARTS) is 1. The van der Waals surface area contributed by atoms with Crippen molar-refractivity contribution >= 4 is 17.3 Å². The van der Waals surface area contributed by atoms with E-state index in [0.717, 1.165) is 23.3 Å². The van der Waals surface area contributed by atoms with E-state index < -0.39 is 11.5 Å². The van der Waals surface area contributed by atoms with E-state index in [9.17, 15) is 4.79 Å². The predicted molar refractivity (Wildman–Crippen MR) is 55.5 cm³/mol. The summed E-state index contributed by atoms with van der Waals surface area (Å²) in [7, 11) is 0. The van der Waals surface area contributed by atoms with Crippen LogP contribution in [0.15, 0.2) is 6.07 Å². The van der Waals surface area contributed by atoms with Crippen molar-refractivity contribution in [2.24, 2.45) is 5.73 Å². The topological polar surface area (TPSA) is 63.3 Å². The molecule has 2 rings (SSSR count). The van der Waals surface area contributed by atoms with Crippen molar-refractivity contribution in [1.82, 2.24) is 0 Å². The molecular formula is C10H13NO2S. The maximum atomic E-state index is 11.1. The van der Waals surface area contributed by atoms with Gasteiger partial charge in [-0.15, -0.1) is 11.3 Å². The lowest BCUT2D eigenvalue weighted by atomic mass is 9.94. The zero-order valence-corrected chi connectivity index (χ0v) is 8.86. The third-order valence-corrected chi connectivity index (χ3v) is 4.16. The van der Waals surface area contributed by atoms with Crippen LogP contribution >= 0.6 is 11.3 Å². The quantitative estimate of drug-likeness (QED) is 0.779. The molecule has 4 heteroatoms. The summed E-state index contributed by atoms with van der Waals surface area (Å²) in [6.45, 7) is 2.07. The molecule has 0 saturated heterocycles. The Bertz CT molecular complexity index is 385. The molecule has 0 aliphatic heterocycles. The van der Waals surface area contributed by atoms with E-state index in [-0.39, 0.29) is 0 Å². The van der Waals surface area contributed by atoms with E-state index in [0.29, 0.717) is 6.42 Å². The number of hydrogen-bond acceptors (Lipinski definition) is 3. The molecule has 0 bridgehead atoms. The number of thiophene rings is 1. The number of aliphatic carboxylic acids is 1. The highest BCUT2D eigenvalue weighted by Gasteiger charge is 2.43. The van der Waals surface area contributed by atoms with Crippen LogP contribution in [0.1, 0.15) is 28.7 Å². The van der Waals surface area contributed by atoms with Gasteiger partial charge in [-0.3, -0.25) is 0 Å². The van der Waals surface area contributed by atoms with E-state index >= 15 is 0 Å². The van der Waals surface area contributed by atoms with Crippen molar-refractivity contribution < 1.29 is 9.90 Å². The van der Waals surface area contributed by atoms with Gasteiger partial charge >= 0.3 is 5.97 Å². The van der Waals surface area contributed by atoms with Gasteiger partial charge in [0.1, 0.15) is 5.54 Å². The highest BCUT2D eigenvalue weighted by atomic mass is 32.1. The van der Waals surface area contributed by atoms with Gasteiger partial charge < -0.3 is 10.8 Å². The first-order valence-corrected chi connectivity index (χ1v) is 5.54. The molecule has 0 saturated carbocycles. The SMILES string of the molecule is CCc1cc2c(s1)CCC2(N)C(=O)O. The van der Waals surface area contributed by atoms with Crippen molar-refractivity contribution in [2.45, 2.75) is 31.7 Å². The molecule has 0 spiro atoms. The molecule has 3 N–H and O–H groups in total. The number of carbonyl (C=O) groups is 1. The van der Waals surface area contributed by atoms with Gasteiger partial charge in [0.25, 0.3) is 0 Å². The fourth-order valence-electron chi connectivity index (χ4n) is 1.89. The standard InChI is InChI=1S/C10H13NO2S/c1-2-6-5-7-8(14-6)3-4-10(7,11)9(12)13/h5H,2-4,11H2,1H3,(H,12,13). The van der Waals surface area contributed by atoms with E-state index in [1.807, 2.05) is 6.07 Å². The Labute approximate surface area is 86.6 Å². The minimum absolute atomic E-state index is 0.535. The second-order valence-electron chi connectivity index (χ2n) is 3.68. The van der Waals surface area contributed by atoms with Crippen LogP contribution in [-0.2, 0) is 23.2 Å². The smallest absolute Gasteiger partial charge is 0.328 e.